The fourth-order valence-electron chi connectivity index (χ4n) is 1.98. The van der Waals surface area contributed by atoms with E-state index in [1.54, 1.807) is 0 Å². The van der Waals surface area contributed by atoms with Gasteiger partial charge in [-0.05, 0) is 41.5 Å². The Morgan fingerprint density at radius 2 is 0.750 bits per heavy atom. The van der Waals surface area contributed by atoms with Gasteiger partial charge >= 0.3 is 0 Å². The van der Waals surface area contributed by atoms with Crippen LogP contribution in [-0.2, 0) is 4.74 Å². The number of hydrogen-bond donors (Lipinski definition) is 0. The van der Waals surface area contributed by atoms with Crippen LogP contribution in [0.5, 0.6) is 0 Å². The summed E-state index contributed by atoms with van der Waals surface area (Å²) in [6.45, 7) is 12.4. The van der Waals surface area contributed by atoms with Crippen LogP contribution in [0.25, 0.3) is 0 Å². The van der Waals surface area contributed by atoms with Crippen LogP contribution in [0.2, 0.25) is 0 Å². The second kappa shape index (κ2) is 8.11. The molecule has 0 spiro atoms. The molecule has 0 saturated heterocycles. The van der Waals surface area contributed by atoms with Crippen LogP contribution >= 0.6 is 0 Å². The van der Waals surface area contributed by atoms with Crippen LogP contribution in [-0.4, -0.2) is 11.2 Å². The van der Waals surface area contributed by atoms with Crippen LogP contribution in [0.15, 0.2) is 0 Å². The van der Waals surface area contributed by atoms with Gasteiger partial charge in [0.1, 0.15) is 0 Å². The van der Waals surface area contributed by atoms with E-state index in [0.29, 0.717) is 0 Å². The van der Waals surface area contributed by atoms with Gasteiger partial charge in [-0.15, -0.1) is 0 Å². The van der Waals surface area contributed by atoms with E-state index >= 15 is 0 Å². The van der Waals surface area contributed by atoms with Crippen molar-refractivity contribution in [3.63, 3.8) is 0 Å². The highest BCUT2D eigenvalue weighted by Gasteiger charge is 2.19. The fraction of sp³-hybridized carbons (Fsp3) is 1.00. The number of rotatable bonds is 0. The summed E-state index contributed by atoms with van der Waals surface area (Å²) in [5.41, 5.74) is -0.0312. The maximum Gasteiger partial charge on any atom is 0.0605 e. The number of ether oxygens (including phenoxy) is 1. The summed E-state index contributed by atoms with van der Waals surface area (Å²) >= 11 is 0. The van der Waals surface area contributed by atoms with Crippen LogP contribution in [0.4, 0.5) is 0 Å². The van der Waals surface area contributed by atoms with Gasteiger partial charge in [0, 0.05) is 0 Å². The molecule has 1 saturated carbocycles. The van der Waals surface area contributed by atoms with Gasteiger partial charge in [-0.1, -0.05) is 46.0 Å². The van der Waals surface area contributed by atoms with E-state index in [4.69, 9.17) is 4.74 Å². The molecular weight excluding hydrogens is 196 g/mol. The first-order chi connectivity index (χ1) is 6.71. The lowest BCUT2D eigenvalue weighted by Gasteiger charge is -2.30. The van der Waals surface area contributed by atoms with E-state index in [-0.39, 0.29) is 18.6 Å². The first-order valence-corrected chi connectivity index (χ1v) is 6.41. The predicted octanol–water partition coefficient (Wildman–Crippen LogP) is 5.58. The van der Waals surface area contributed by atoms with Crippen LogP contribution in [0.1, 0.15) is 87.5 Å². The molecule has 0 aromatic carbocycles. The maximum absolute atomic E-state index is 5.62. The topological polar surface area (TPSA) is 9.23 Å². The Morgan fingerprint density at radius 1 is 0.562 bits per heavy atom. The lowest BCUT2D eigenvalue weighted by atomic mass is 10.0. The fourth-order valence-corrected chi connectivity index (χ4v) is 1.98. The predicted molar refractivity (Wildman–Crippen MR) is 75.0 cm³/mol. The quantitative estimate of drug-likeness (QED) is 0.528. The summed E-state index contributed by atoms with van der Waals surface area (Å²) in [6.07, 6.45) is 9.00. The Kier molecular flexibility index (Phi) is 9.29. The average molecular weight is 230 g/mol. The highest BCUT2D eigenvalue weighted by molar-refractivity contribution is 4.68. The Hall–Kier alpha value is -0.0400. The van der Waals surface area contributed by atoms with Gasteiger partial charge in [0.25, 0.3) is 0 Å². The molecule has 0 radical (unpaired) electrons. The molecule has 0 atom stereocenters. The smallest absolute Gasteiger partial charge is 0.0605 e. The van der Waals surface area contributed by atoms with Gasteiger partial charge in [-0.2, -0.15) is 0 Å². The molecule has 1 fully saturated rings. The standard InChI is InChI=1S/C8H18O.C6H12.CH4/c1-7(2,3)9-8(4,5)6;1-2-4-6-5-3-1;/h1-6H3;1-6H2;1H4. The normalized spacial score (nSPS) is 16.9. The Bertz CT molecular complexity index is 120. The zero-order valence-corrected chi connectivity index (χ0v) is 11.7. The molecular formula is C15H34O. The molecule has 0 aliphatic heterocycles. The molecule has 0 unspecified atom stereocenters. The monoisotopic (exact) mass is 230 g/mol. The molecule has 1 aliphatic carbocycles. The van der Waals surface area contributed by atoms with Crippen molar-refractivity contribution < 1.29 is 4.74 Å². The van der Waals surface area contributed by atoms with E-state index in [1.807, 2.05) is 0 Å². The van der Waals surface area contributed by atoms with Gasteiger partial charge in [-0.25, -0.2) is 0 Å². The Balaban J connectivity index is 0. The first-order valence-electron chi connectivity index (χ1n) is 6.41. The lowest BCUT2D eigenvalue weighted by molar-refractivity contribution is -0.102. The van der Waals surface area contributed by atoms with E-state index < -0.39 is 0 Å². The Labute approximate surface area is 104 Å². The summed E-state index contributed by atoms with van der Waals surface area (Å²) in [7, 11) is 0. The lowest BCUT2D eigenvalue weighted by Crippen LogP contribution is -2.31. The third-order valence-electron chi connectivity index (χ3n) is 2.11. The molecule has 100 valence electrons. The minimum absolute atomic E-state index is 0. The molecule has 0 aromatic rings. The first kappa shape index (κ1) is 18.3. The average Bonchev–Trinajstić information content (AvgIpc) is 2.01. The van der Waals surface area contributed by atoms with Gasteiger partial charge in [-0.3, -0.25) is 0 Å². The SMILES string of the molecule is C.C1CCCCC1.CC(C)(C)OC(C)(C)C. The van der Waals surface area contributed by atoms with Crippen molar-refractivity contribution in [1.82, 2.24) is 0 Å². The molecule has 0 aromatic heterocycles. The minimum atomic E-state index is -0.0156. The molecule has 16 heavy (non-hydrogen) atoms. The summed E-state index contributed by atoms with van der Waals surface area (Å²) in [6, 6.07) is 0. The van der Waals surface area contributed by atoms with Gasteiger partial charge < -0.3 is 4.74 Å². The minimum Gasteiger partial charge on any atom is -0.370 e. The van der Waals surface area contributed by atoms with Crippen molar-refractivity contribution in [2.75, 3.05) is 0 Å². The van der Waals surface area contributed by atoms with Crippen molar-refractivity contribution in [3.8, 4) is 0 Å². The van der Waals surface area contributed by atoms with Crippen LogP contribution < -0.4 is 0 Å². The molecule has 0 heterocycles. The molecule has 0 amide bonds. The van der Waals surface area contributed by atoms with Crippen LogP contribution in [0, 0.1) is 0 Å². The van der Waals surface area contributed by atoms with Crippen molar-refractivity contribution in [3.05, 3.63) is 0 Å². The molecule has 0 bridgehead atoms. The third kappa shape index (κ3) is 16.4. The Morgan fingerprint density at radius 3 is 0.812 bits per heavy atom. The van der Waals surface area contributed by atoms with E-state index in [2.05, 4.69) is 41.5 Å². The van der Waals surface area contributed by atoms with Crippen molar-refractivity contribution in [1.29, 1.82) is 0 Å². The van der Waals surface area contributed by atoms with Gasteiger partial charge in [0.05, 0.1) is 11.2 Å². The molecule has 1 heteroatoms. The van der Waals surface area contributed by atoms with Crippen molar-refractivity contribution >= 4 is 0 Å². The second-order valence-electron chi connectivity index (χ2n) is 6.45. The van der Waals surface area contributed by atoms with Crippen molar-refractivity contribution in [2.45, 2.75) is 98.7 Å². The zero-order valence-electron chi connectivity index (χ0n) is 11.7. The van der Waals surface area contributed by atoms with Crippen molar-refractivity contribution in [2.24, 2.45) is 0 Å². The van der Waals surface area contributed by atoms with E-state index in [1.165, 1.54) is 38.5 Å². The molecule has 1 aliphatic rings. The maximum atomic E-state index is 5.62. The van der Waals surface area contributed by atoms with E-state index in [9.17, 15) is 0 Å². The van der Waals surface area contributed by atoms with E-state index in [0.717, 1.165) is 0 Å². The van der Waals surface area contributed by atoms with Gasteiger partial charge in [0.2, 0.25) is 0 Å². The number of hydrogen-bond acceptors (Lipinski definition) is 1. The summed E-state index contributed by atoms with van der Waals surface area (Å²) in [5.74, 6) is 0. The molecule has 1 nitrogen and oxygen atoms in total. The molecule has 0 N–H and O–H groups in total. The van der Waals surface area contributed by atoms with Gasteiger partial charge in [0.15, 0.2) is 0 Å². The highest BCUT2D eigenvalue weighted by atomic mass is 16.5. The summed E-state index contributed by atoms with van der Waals surface area (Å²) < 4.78 is 5.62. The van der Waals surface area contributed by atoms with Crippen LogP contribution in [0.3, 0.4) is 0 Å². The summed E-state index contributed by atoms with van der Waals surface area (Å²) in [5, 5.41) is 0. The second-order valence-corrected chi connectivity index (χ2v) is 6.45. The largest absolute Gasteiger partial charge is 0.370 e. The zero-order chi connectivity index (χ0) is 11.9. The highest BCUT2D eigenvalue weighted by Crippen LogP contribution is 2.18. The third-order valence-corrected chi connectivity index (χ3v) is 2.11. The molecule has 1 rings (SSSR count). The summed E-state index contributed by atoms with van der Waals surface area (Å²) in [4.78, 5) is 0.